The molecule has 0 aromatic heterocycles. The highest BCUT2D eigenvalue weighted by Gasteiger charge is 2.40. The van der Waals surface area contributed by atoms with Gasteiger partial charge in [-0.1, -0.05) is 37.3 Å². The summed E-state index contributed by atoms with van der Waals surface area (Å²) in [6.07, 6.45) is 2.34. The minimum atomic E-state index is -2.93. The lowest BCUT2D eigenvalue weighted by atomic mass is 10.1. The average Bonchev–Trinajstić information content (AvgIpc) is 2.54. The number of sulfone groups is 1. The monoisotopic (exact) mass is 224 g/mol. The summed E-state index contributed by atoms with van der Waals surface area (Å²) in [5.74, 6) is 0. The van der Waals surface area contributed by atoms with E-state index in [0.717, 1.165) is 24.8 Å². The summed E-state index contributed by atoms with van der Waals surface area (Å²) in [5, 5.41) is -0.383. The van der Waals surface area contributed by atoms with E-state index in [1.165, 1.54) is 0 Å². The third-order valence-electron chi connectivity index (χ3n) is 3.24. The zero-order valence-corrected chi connectivity index (χ0v) is 9.70. The molecule has 0 aliphatic carbocycles. The highest BCUT2D eigenvalue weighted by Crippen LogP contribution is 2.39. The Balaban J connectivity index is 2.34. The van der Waals surface area contributed by atoms with Crippen molar-refractivity contribution in [2.24, 2.45) is 0 Å². The number of hydrogen-bond acceptors (Lipinski definition) is 2. The lowest BCUT2D eigenvalue weighted by Crippen LogP contribution is -2.17. The van der Waals surface area contributed by atoms with Gasteiger partial charge in [-0.05, 0) is 24.8 Å². The van der Waals surface area contributed by atoms with Crippen LogP contribution >= 0.6 is 0 Å². The molecule has 0 radical (unpaired) electrons. The molecule has 2 rings (SSSR count). The zero-order valence-electron chi connectivity index (χ0n) is 8.89. The lowest BCUT2D eigenvalue weighted by molar-refractivity contribution is 0.581. The quantitative estimate of drug-likeness (QED) is 0.774. The van der Waals surface area contributed by atoms with E-state index >= 15 is 0 Å². The van der Waals surface area contributed by atoms with Crippen LogP contribution < -0.4 is 0 Å². The molecule has 1 aliphatic rings. The molecule has 82 valence electrons. The summed E-state index contributed by atoms with van der Waals surface area (Å²) >= 11 is 0. The van der Waals surface area contributed by atoms with E-state index in [2.05, 4.69) is 0 Å². The summed E-state index contributed by atoms with van der Waals surface area (Å²) in [6, 6.07) is 9.57. The first-order chi connectivity index (χ1) is 7.16. The summed E-state index contributed by atoms with van der Waals surface area (Å²) < 4.78 is 24.2. The fourth-order valence-corrected chi connectivity index (χ4v) is 4.75. The highest BCUT2D eigenvalue weighted by atomic mass is 32.2. The molecule has 1 saturated heterocycles. The smallest absolute Gasteiger partial charge is 0.160 e. The fourth-order valence-electron chi connectivity index (χ4n) is 2.36. The predicted molar refractivity (Wildman–Crippen MR) is 61.4 cm³/mol. The van der Waals surface area contributed by atoms with Gasteiger partial charge in [-0.3, -0.25) is 0 Å². The molecule has 3 heteroatoms. The Kier molecular flexibility index (Phi) is 2.83. The van der Waals surface area contributed by atoms with Crippen molar-refractivity contribution in [3.8, 4) is 0 Å². The van der Waals surface area contributed by atoms with Crippen molar-refractivity contribution in [2.45, 2.75) is 36.7 Å². The molecule has 2 atom stereocenters. The second kappa shape index (κ2) is 3.97. The van der Waals surface area contributed by atoms with E-state index in [4.69, 9.17) is 0 Å². The van der Waals surface area contributed by atoms with Crippen LogP contribution in [0.15, 0.2) is 30.3 Å². The average molecular weight is 224 g/mol. The van der Waals surface area contributed by atoms with Gasteiger partial charge in [0, 0.05) is 0 Å². The molecule has 0 spiro atoms. The minimum absolute atomic E-state index is 0.122. The van der Waals surface area contributed by atoms with Gasteiger partial charge in [0.05, 0.1) is 10.5 Å². The first kappa shape index (κ1) is 10.7. The van der Waals surface area contributed by atoms with E-state index in [9.17, 15) is 8.42 Å². The van der Waals surface area contributed by atoms with Crippen molar-refractivity contribution in [3.63, 3.8) is 0 Å². The maximum absolute atomic E-state index is 12.1. The molecule has 0 bridgehead atoms. The fraction of sp³-hybridized carbons (Fsp3) is 0.500. The molecule has 1 fully saturated rings. The molecule has 0 N–H and O–H groups in total. The Hall–Kier alpha value is -0.830. The standard InChI is InChI=1S/C12H16O2S/c1-2-11-8-9-12(15(11,13)14)10-6-4-3-5-7-10/h3-7,11-12H,2,8-9H2,1H3. The van der Waals surface area contributed by atoms with E-state index in [-0.39, 0.29) is 10.5 Å². The third kappa shape index (κ3) is 1.81. The molecular weight excluding hydrogens is 208 g/mol. The van der Waals surface area contributed by atoms with Crippen LogP contribution in [0.1, 0.15) is 37.0 Å². The van der Waals surface area contributed by atoms with Crippen LogP contribution in [-0.4, -0.2) is 13.7 Å². The summed E-state index contributed by atoms with van der Waals surface area (Å²) in [7, 11) is -2.93. The van der Waals surface area contributed by atoms with Gasteiger partial charge >= 0.3 is 0 Å². The maximum Gasteiger partial charge on any atom is 0.160 e. The molecule has 1 aromatic rings. The minimum Gasteiger partial charge on any atom is -0.228 e. The Morgan fingerprint density at radius 3 is 2.40 bits per heavy atom. The second-order valence-electron chi connectivity index (χ2n) is 4.10. The van der Waals surface area contributed by atoms with Crippen LogP contribution in [0.3, 0.4) is 0 Å². The molecule has 15 heavy (non-hydrogen) atoms. The lowest BCUT2D eigenvalue weighted by Gasteiger charge is -2.12. The molecule has 1 aromatic carbocycles. The van der Waals surface area contributed by atoms with Crippen molar-refractivity contribution in [1.82, 2.24) is 0 Å². The molecule has 0 amide bonds. The van der Waals surface area contributed by atoms with E-state index in [1.54, 1.807) is 0 Å². The van der Waals surface area contributed by atoms with Crippen LogP contribution in [-0.2, 0) is 9.84 Å². The van der Waals surface area contributed by atoms with Crippen LogP contribution in [0, 0.1) is 0 Å². The van der Waals surface area contributed by atoms with Crippen molar-refractivity contribution < 1.29 is 8.42 Å². The first-order valence-corrected chi connectivity index (χ1v) is 7.05. The number of benzene rings is 1. The van der Waals surface area contributed by atoms with E-state index < -0.39 is 9.84 Å². The molecular formula is C12H16O2S. The van der Waals surface area contributed by atoms with Crippen molar-refractivity contribution in [2.75, 3.05) is 0 Å². The number of rotatable bonds is 2. The van der Waals surface area contributed by atoms with E-state index in [1.807, 2.05) is 37.3 Å². The third-order valence-corrected chi connectivity index (χ3v) is 6.04. The van der Waals surface area contributed by atoms with Gasteiger partial charge in [-0.2, -0.15) is 0 Å². The highest BCUT2D eigenvalue weighted by molar-refractivity contribution is 7.92. The summed E-state index contributed by atoms with van der Waals surface area (Å²) in [6.45, 7) is 1.95. The maximum atomic E-state index is 12.1. The number of hydrogen-bond donors (Lipinski definition) is 0. The first-order valence-electron chi connectivity index (χ1n) is 5.44. The Labute approximate surface area is 91.2 Å². The van der Waals surface area contributed by atoms with Gasteiger partial charge in [-0.25, -0.2) is 8.42 Å². The molecule has 2 unspecified atom stereocenters. The predicted octanol–water partition coefficient (Wildman–Crippen LogP) is 2.71. The van der Waals surface area contributed by atoms with Gasteiger partial charge in [-0.15, -0.1) is 0 Å². The van der Waals surface area contributed by atoms with E-state index in [0.29, 0.717) is 0 Å². The van der Waals surface area contributed by atoms with Crippen molar-refractivity contribution in [3.05, 3.63) is 35.9 Å². The zero-order chi connectivity index (χ0) is 10.9. The summed E-state index contributed by atoms with van der Waals surface area (Å²) in [5.41, 5.74) is 0.952. The Morgan fingerprint density at radius 2 is 1.87 bits per heavy atom. The molecule has 2 nitrogen and oxygen atoms in total. The van der Waals surface area contributed by atoms with Gasteiger partial charge in [0.2, 0.25) is 0 Å². The van der Waals surface area contributed by atoms with Crippen molar-refractivity contribution in [1.29, 1.82) is 0 Å². The Bertz CT molecular complexity index is 422. The molecule has 1 heterocycles. The summed E-state index contributed by atoms with van der Waals surface area (Å²) in [4.78, 5) is 0. The topological polar surface area (TPSA) is 34.1 Å². The van der Waals surface area contributed by atoms with Gasteiger partial charge in [0.15, 0.2) is 9.84 Å². The van der Waals surface area contributed by atoms with Gasteiger partial charge in [0.1, 0.15) is 0 Å². The van der Waals surface area contributed by atoms with Crippen LogP contribution in [0.5, 0.6) is 0 Å². The van der Waals surface area contributed by atoms with Crippen molar-refractivity contribution >= 4 is 9.84 Å². The molecule has 1 aliphatic heterocycles. The molecule has 0 saturated carbocycles. The van der Waals surface area contributed by atoms with Crippen LogP contribution in [0.25, 0.3) is 0 Å². The van der Waals surface area contributed by atoms with Crippen LogP contribution in [0.2, 0.25) is 0 Å². The SMILES string of the molecule is CCC1CCC(c2ccccc2)S1(=O)=O. The van der Waals surface area contributed by atoms with Gasteiger partial charge < -0.3 is 0 Å². The normalized spacial score (nSPS) is 29.1. The Morgan fingerprint density at radius 1 is 1.20 bits per heavy atom. The van der Waals surface area contributed by atoms with Crippen LogP contribution in [0.4, 0.5) is 0 Å². The largest absolute Gasteiger partial charge is 0.228 e. The van der Waals surface area contributed by atoms with Gasteiger partial charge in [0.25, 0.3) is 0 Å². The second-order valence-corrected chi connectivity index (χ2v) is 6.51.